The summed E-state index contributed by atoms with van der Waals surface area (Å²) in [5.74, 6) is 1.53. The van der Waals surface area contributed by atoms with E-state index in [9.17, 15) is 9.90 Å². The summed E-state index contributed by atoms with van der Waals surface area (Å²) in [6.07, 6.45) is 1.12. The van der Waals surface area contributed by atoms with Crippen molar-refractivity contribution in [3.8, 4) is 5.75 Å². The van der Waals surface area contributed by atoms with Crippen molar-refractivity contribution in [2.75, 3.05) is 19.6 Å². The summed E-state index contributed by atoms with van der Waals surface area (Å²) in [4.78, 5) is 18.0. The summed E-state index contributed by atoms with van der Waals surface area (Å²) >= 11 is 0. The smallest absolute Gasteiger partial charge is 0.407 e. The second-order valence-corrected chi connectivity index (χ2v) is 8.60. The van der Waals surface area contributed by atoms with E-state index in [1.807, 2.05) is 13.0 Å². The van der Waals surface area contributed by atoms with Gasteiger partial charge in [0.1, 0.15) is 18.0 Å². The van der Waals surface area contributed by atoms with Crippen molar-refractivity contribution in [3.63, 3.8) is 0 Å². The van der Waals surface area contributed by atoms with Crippen LogP contribution in [0.15, 0.2) is 29.0 Å². The molecule has 2 N–H and O–H groups in total. The summed E-state index contributed by atoms with van der Waals surface area (Å²) in [6, 6.07) is 6.09. The summed E-state index contributed by atoms with van der Waals surface area (Å²) in [6.45, 7) is 9.89. The number of nitrogens with zero attached hydrogens (tertiary/aromatic N) is 2. The molecule has 2 aromatic rings. The Labute approximate surface area is 177 Å². The van der Waals surface area contributed by atoms with Gasteiger partial charge in [0.25, 0.3) is 0 Å². The van der Waals surface area contributed by atoms with Gasteiger partial charge >= 0.3 is 6.09 Å². The molecule has 1 aliphatic heterocycles. The third kappa shape index (κ3) is 6.47. The largest absolute Gasteiger partial charge is 0.486 e. The van der Waals surface area contributed by atoms with Crippen LogP contribution in [-0.4, -0.2) is 52.4 Å². The summed E-state index contributed by atoms with van der Waals surface area (Å²) < 4.78 is 16.3. The molecule has 8 heteroatoms. The number of fused-ring (bicyclic) bond motifs is 1. The number of oxazole rings is 1. The average molecular weight is 418 g/mol. The third-order valence-electron chi connectivity index (χ3n) is 4.83. The fourth-order valence-electron chi connectivity index (χ4n) is 3.32. The van der Waals surface area contributed by atoms with Crippen molar-refractivity contribution in [1.82, 2.24) is 15.2 Å². The van der Waals surface area contributed by atoms with E-state index < -0.39 is 17.8 Å². The Balaban J connectivity index is 1.46. The van der Waals surface area contributed by atoms with Crippen LogP contribution in [0, 0.1) is 6.92 Å². The van der Waals surface area contributed by atoms with Gasteiger partial charge in [-0.25, -0.2) is 9.78 Å². The first-order valence-corrected chi connectivity index (χ1v) is 10.2. The van der Waals surface area contributed by atoms with E-state index in [4.69, 9.17) is 13.9 Å². The molecule has 0 radical (unpaired) electrons. The molecule has 1 aromatic heterocycles. The fraction of sp³-hybridized carbons (Fsp3) is 0.545. The molecule has 3 rings (SSSR count). The van der Waals surface area contributed by atoms with Crippen molar-refractivity contribution >= 4 is 6.09 Å². The lowest BCUT2D eigenvalue weighted by Crippen LogP contribution is -2.43. The van der Waals surface area contributed by atoms with Crippen LogP contribution in [0.2, 0.25) is 0 Å². The zero-order valence-corrected chi connectivity index (χ0v) is 18.1. The van der Waals surface area contributed by atoms with Crippen LogP contribution in [0.5, 0.6) is 5.75 Å². The van der Waals surface area contributed by atoms with E-state index in [-0.39, 0.29) is 6.54 Å². The molecule has 164 valence electrons. The number of benzene rings is 1. The number of aliphatic hydroxyl groups excluding tert-OH is 1. The zero-order valence-electron chi connectivity index (χ0n) is 18.1. The van der Waals surface area contributed by atoms with E-state index in [1.54, 1.807) is 20.8 Å². The van der Waals surface area contributed by atoms with Crippen LogP contribution in [0.3, 0.4) is 0 Å². The molecule has 0 spiro atoms. The maximum absolute atomic E-state index is 11.7. The van der Waals surface area contributed by atoms with E-state index >= 15 is 0 Å². The molecule has 0 saturated heterocycles. The van der Waals surface area contributed by atoms with Gasteiger partial charge in [-0.3, -0.25) is 4.90 Å². The first kappa shape index (κ1) is 22.1. The number of hydrogen-bond donors (Lipinski definition) is 2. The Bertz CT molecular complexity index is 859. The Hall–Kier alpha value is -2.58. The maximum atomic E-state index is 11.7. The minimum atomic E-state index is -0.660. The number of hydrogen-bond acceptors (Lipinski definition) is 7. The van der Waals surface area contributed by atoms with Crippen molar-refractivity contribution in [2.24, 2.45) is 0 Å². The lowest BCUT2D eigenvalue weighted by molar-refractivity contribution is 0.0464. The molecule has 1 aromatic carbocycles. The molecule has 0 bridgehead atoms. The monoisotopic (exact) mass is 417 g/mol. The van der Waals surface area contributed by atoms with Gasteiger partial charge < -0.3 is 24.3 Å². The van der Waals surface area contributed by atoms with Crippen LogP contribution in [0.25, 0.3) is 0 Å². The van der Waals surface area contributed by atoms with E-state index in [2.05, 4.69) is 27.3 Å². The van der Waals surface area contributed by atoms with Gasteiger partial charge in [0.05, 0.1) is 11.8 Å². The predicted molar refractivity (Wildman–Crippen MR) is 111 cm³/mol. The SMILES string of the molecule is Cc1ncoc1COc1ccc2c(c1)CCN(C[C@@H](O)CNC(=O)OC(C)(C)C)C2. The molecule has 2 heterocycles. The minimum absolute atomic E-state index is 0.159. The number of rotatable bonds is 7. The Kier molecular flexibility index (Phi) is 6.99. The second-order valence-electron chi connectivity index (χ2n) is 8.60. The number of carbonyl (C=O) groups is 1. The molecular weight excluding hydrogens is 386 g/mol. The van der Waals surface area contributed by atoms with E-state index in [0.29, 0.717) is 13.2 Å². The van der Waals surface area contributed by atoms with Gasteiger partial charge in [0.15, 0.2) is 12.2 Å². The molecule has 8 nitrogen and oxygen atoms in total. The highest BCUT2D eigenvalue weighted by Gasteiger charge is 2.21. The van der Waals surface area contributed by atoms with Crippen LogP contribution < -0.4 is 10.1 Å². The van der Waals surface area contributed by atoms with E-state index in [0.717, 1.165) is 36.7 Å². The number of aliphatic hydroxyl groups is 1. The molecular formula is C22H31N3O5. The second kappa shape index (κ2) is 9.49. The van der Waals surface area contributed by atoms with Crippen molar-refractivity contribution < 1.29 is 23.8 Å². The van der Waals surface area contributed by atoms with Crippen molar-refractivity contribution in [2.45, 2.75) is 59.0 Å². The summed E-state index contributed by atoms with van der Waals surface area (Å²) in [7, 11) is 0. The third-order valence-corrected chi connectivity index (χ3v) is 4.83. The average Bonchev–Trinajstić information content (AvgIpc) is 3.08. The predicted octanol–water partition coefficient (Wildman–Crippen LogP) is 2.81. The number of alkyl carbamates (subject to hydrolysis) is 1. The van der Waals surface area contributed by atoms with Gasteiger partial charge in [0.2, 0.25) is 0 Å². The topological polar surface area (TPSA) is 97.1 Å². The molecule has 0 saturated carbocycles. The molecule has 1 amide bonds. The first-order chi connectivity index (χ1) is 14.2. The summed E-state index contributed by atoms with van der Waals surface area (Å²) in [5, 5.41) is 12.9. The van der Waals surface area contributed by atoms with Crippen LogP contribution in [0.4, 0.5) is 4.79 Å². The Morgan fingerprint density at radius 3 is 2.87 bits per heavy atom. The van der Waals surface area contributed by atoms with Crippen molar-refractivity contribution in [3.05, 3.63) is 47.2 Å². The standard InChI is InChI=1S/C22H31N3O5/c1-15-20(29-14-24-15)13-28-19-6-5-17-11-25(8-7-16(17)9-19)12-18(26)10-23-21(27)30-22(2,3)4/h5-6,9,14,18,26H,7-8,10-13H2,1-4H3,(H,23,27)/t18-/m0/s1. The number of carbonyl (C=O) groups excluding carboxylic acids is 1. The van der Waals surface area contributed by atoms with Gasteiger partial charge in [-0.15, -0.1) is 0 Å². The van der Waals surface area contributed by atoms with Crippen LogP contribution >= 0.6 is 0 Å². The highest BCUT2D eigenvalue weighted by atomic mass is 16.6. The van der Waals surface area contributed by atoms with Gasteiger partial charge in [0, 0.05) is 26.2 Å². The Morgan fingerprint density at radius 2 is 2.17 bits per heavy atom. The summed E-state index contributed by atoms with van der Waals surface area (Å²) in [5.41, 5.74) is 2.75. The molecule has 1 aliphatic rings. The number of ether oxygens (including phenoxy) is 2. The molecule has 0 fully saturated rings. The van der Waals surface area contributed by atoms with Gasteiger partial charge in [-0.05, 0) is 57.4 Å². The normalized spacial score (nSPS) is 15.4. The highest BCUT2D eigenvalue weighted by Crippen LogP contribution is 2.25. The number of aryl methyl sites for hydroxylation is 1. The minimum Gasteiger partial charge on any atom is -0.486 e. The molecule has 1 atom stereocenters. The van der Waals surface area contributed by atoms with Gasteiger partial charge in [-0.2, -0.15) is 0 Å². The maximum Gasteiger partial charge on any atom is 0.407 e. The Morgan fingerprint density at radius 1 is 1.37 bits per heavy atom. The number of aromatic nitrogens is 1. The molecule has 0 aliphatic carbocycles. The van der Waals surface area contributed by atoms with Crippen molar-refractivity contribution in [1.29, 1.82) is 0 Å². The molecule has 30 heavy (non-hydrogen) atoms. The number of nitrogens with one attached hydrogen (secondary N) is 1. The van der Waals surface area contributed by atoms with Crippen LogP contribution in [-0.2, 0) is 24.3 Å². The lowest BCUT2D eigenvalue weighted by atomic mass is 9.99. The first-order valence-electron chi connectivity index (χ1n) is 10.2. The fourth-order valence-corrected chi connectivity index (χ4v) is 3.32. The van der Waals surface area contributed by atoms with E-state index in [1.165, 1.54) is 17.5 Å². The highest BCUT2D eigenvalue weighted by molar-refractivity contribution is 5.67. The molecule has 0 unspecified atom stereocenters. The number of β-amino-alcohol motifs (C(OH)–C–C–N with tert-alkyl or cyclic N) is 1. The number of amides is 1. The van der Waals surface area contributed by atoms with Gasteiger partial charge in [-0.1, -0.05) is 6.07 Å². The van der Waals surface area contributed by atoms with Crippen LogP contribution in [0.1, 0.15) is 43.4 Å². The lowest BCUT2D eigenvalue weighted by Gasteiger charge is -2.30. The zero-order chi connectivity index (χ0) is 21.7. The quantitative estimate of drug-likeness (QED) is 0.715.